The van der Waals surface area contributed by atoms with Crippen LogP contribution in [0.2, 0.25) is 0 Å². The van der Waals surface area contributed by atoms with E-state index in [1.807, 2.05) is 12.2 Å². The average molecular weight is 283 g/mol. The maximum Gasteiger partial charge on any atom is 0.213 e. The number of hydrogen-bond donors (Lipinski definition) is 0. The van der Waals surface area contributed by atoms with Gasteiger partial charge in [-0.3, -0.25) is 0 Å². The van der Waals surface area contributed by atoms with Crippen LogP contribution in [0.5, 0.6) is 0 Å². The van der Waals surface area contributed by atoms with Gasteiger partial charge in [0, 0.05) is 17.5 Å². The minimum atomic E-state index is 0.119. The van der Waals surface area contributed by atoms with Crippen molar-refractivity contribution in [1.82, 2.24) is 4.90 Å². The predicted octanol–water partition coefficient (Wildman–Crippen LogP) is 2.46. The first-order valence-corrected chi connectivity index (χ1v) is 7.62. The smallest absolute Gasteiger partial charge is 0.213 e. The predicted molar refractivity (Wildman–Crippen MR) is 82.9 cm³/mol. The van der Waals surface area contributed by atoms with Gasteiger partial charge in [-0.25, -0.2) is 4.99 Å². The molecule has 0 saturated carbocycles. The summed E-state index contributed by atoms with van der Waals surface area (Å²) in [6.07, 6.45) is 13.2. The van der Waals surface area contributed by atoms with Crippen LogP contribution in [0.3, 0.4) is 0 Å². The Morgan fingerprint density at radius 1 is 1.43 bits per heavy atom. The van der Waals surface area contributed by atoms with Gasteiger partial charge < -0.3 is 9.64 Å². The third kappa shape index (κ3) is 3.08. The van der Waals surface area contributed by atoms with Gasteiger partial charge in [0.25, 0.3) is 0 Å². The summed E-state index contributed by atoms with van der Waals surface area (Å²) in [5.41, 5.74) is 0.930. The summed E-state index contributed by atoms with van der Waals surface area (Å²) in [7, 11) is 2.14. The molecule has 0 bridgehead atoms. The molecule has 3 atom stereocenters. The van der Waals surface area contributed by atoms with Crippen LogP contribution in [0.25, 0.3) is 0 Å². The molecule has 0 N–H and O–H groups in total. The van der Waals surface area contributed by atoms with Gasteiger partial charge in [-0.2, -0.15) is 5.26 Å². The molecule has 0 radical (unpaired) electrons. The van der Waals surface area contributed by atoms with Crippen molar-refractivity contribution in [3.63, 3.8) is 0 Å². The number of allylic oxidation sites excluding steroid dienone is 2. The first-order chi connectivity index (χ1) is 10.3. The zero-order valence-corrected chi connectivity index (χ0v) is 12.4. The zero-order valence-electron chi connectivity index (χ0n) is 12.4. The largest absolute Gasteiger partial charge is 0.476 e. The number of hydrogen-bond acceptors (Lipinski definition) is 4. The molecule has 0 spiro atoms. The first-order valence-electron chi connectivity index (χ1n) is 7.62. The Hall–Kier alpha value is -1.86. The Morgan fingerprint density at radius 3 is 3.05 bits per heavy atom. The molecular weight excluding hydrogens is 262 g/mol. The topological polar surface area (TPSA) is 48.6 Å². The first kappa shape index (κ1) is 14.1. The lowest BCUT2D eigenvalue weighted by Crippen LogP contribution is -2.32. The molecular formula is C17H21N3O. The van der Waals surface area contributed by atoms with E-state index in [0.29, 0.717) is 25.0 Å². The van der Waals surface area contributed by atoms with Crippen molar-refractivity contribution in [2.24, 2.45) is 10.9 Å². The molecule has 1 aliphatic carbocycles. The molecule has 2 aliphatic heterocycles. The molecule has 0 aromatic carbocycles. The van der Waals surface area contributed by atoms with Gasteiger partial charge in [0.05, 0.1) is 18.5 Å². The van der Waals surface area contributed by atoms with E-state index in [1.165, 1.54) is 12.8 Å². The number of nitriles is 1. The molecule has 1 fully saturated rings. The molecule has 4 heteroatoms. The van der Waals surface area contributed by atoms with Crippen molar-refractivity contribution in [2.75, 3.05) is 20.2 Å². The Balaban J connectivity index is 1.70. The third-order valence-corrected chi connectivity index (χ3v) is 4.44. The summed E-state index contributed by atoms with van der Waals surface area (Å²) >= 11 is 0. The van der Waals surface area contributed by atoms with Crippen LogP contribution in [0.1, 0.15) is 19.3 Å². The fourth-order valence-electron chi connectivity index (χ4n) is 3.13. The van der Waals surface area contributed by atoms with E-state index >= 15 is 0 Å². The van der Waals surface area contributed by atoms with Crippen LogP contribution in [0, 0.1) is 17.2 Å². The molecule has 3 rings (SSSR count). The van der Waals surface area contributed by atoms with E-state index in [9.17, 15) is 0 Å². The van der Waals surface area contributed by atoms with Crippen LogP contribution in [0.4, 0.5) is 0 Å². The van der Waals surface area contributed by atoms with Crippen LogP contribution in [-0.2, 0) is 4.74 Å². The van der Waals surface area contributed by atoms with Gasteiger partial charge >= 0.3 is 0 Å². The van der Waals surface area contributed by atoms with E-state index in [-0.39, 0.29) is 12.0 Å². The van der Waals surface area contributed by atoms with Crippen LogP contribution in [-0.4, -0.2) is 43.1 Å². The quantitative estimate of drug-likeness (QED) is 0.799. The van der Waals surface area contributed by atoms with Crippen molar-refractivity contribution < 1.29 is 4.74 Å². The van der Waals surface area contributed by atoms with Crippen LogP contribution < -0.4 is 0 Å². The number of likely N-dealkylation sites (N-methyl/N-ethyl adjacent to an activating group) is 1. The monoisotopic (exact) mass is 283 g/mol. The summed E-state index contributed by atoms with van der Waals surface area (Å²) < 4.78 is 5.98. The molecule has 4 nitrogen and oxygen atoms in total. The zero-order chi connectivity index (χ0) is 14.7. The molecule has 110 valence electrons. The molecule has 21 heavy (non-hydrogen) atoms. The number of rotatable bonds is 3. The standard InChI is InChI=1S/C17H21N3O/c1-20-10-4-6-15(20)12-21-17-14(8-9-18)11-13-5-2-3-7-16(13)19-17/h2-3,5,7,11,13,15-16H,4,6,8,10,12H2,1H3/t13?,15-,16?/m0/s1. The van der Waals surface area contributed by atoms with Gasteiger partial charge in [0.1, 0.15) is 6.61 Å². The summed E-state index contributed by atoms with van der Waals surface area (Å²) in [5, 5.41) is 9.01. The lowest BCUT2D eigenvalue weighted by atomic mass is 9.90. The normalized spacial score (nSPS) is 31.3. The Bertz CT molecular complexity index is 553. The molecule has 2 unspecified atom stereocenters. The molecule has 0 amide bonds. The minimum Gasteiger partial charge on any atom is -0.476 e. The fourth-order valence-corrected chi connectivity index (χ4v) is 3.13. The molecule has 1 saturated heterocycles. The van der Waals surface area contributed by atoms with Crippen molar-refractivity contribution in [1.29, 1.82) is 5.26 Å². The highest BCUT2D eigenvalue weighted by molar-refractivity contribution is 5.95. The van der Waals surface area contributed by atoms with E-state index in [4.69, 9.17) is 15.0 Å². The lowest BCUT2D eigenvalue weighted by molar-refractivity contribution is 0.188. The van der Waals surface area contributed by atoms with Crippen molar-refractivity contribution in [3.05, 3.63) is 36.0 Å². The lowest BCUT2D eigenvalue weighted by Gasteiger charge is -2.27. The second kappa shape index (κ2) is 6.28. The second-order valence-corrected chi connectivity index (χ2v) is 5.89. The number of likely N-dealkylation sites (tertiary alicyclic amines) is 1. The molecule has 2 heterocycles. The summed E-state index contributed by atoms with van der Waals surface area (Å²) in [5.74, 6) is 0.929. The number of ether oxygens (including phenoxy) is 1. The molecule has 3 aliphatic rings. The highest BCUT2D eigenvalue weighted by Crippen LogP contribution is 2.27. The van der Waals surface area contributed by atoms with E-state index in [0.717, 1.165) is 12.1 Å². The maximum absolute atomic E-state index is 9.01. The molecule has 0 aromatic rings. The van der Waals surface area contributed by atoms with Crippen molar-refractivity contribution in [2.45, 2.75) is 31.3 Å². The summed E-state index contributed by atoms with van der Waals surface area (Å²) in [6.45, 7) is 1.80. The van der Waals surface area contributed by atoms with Gasteiger partial charge in [0.15, 0.2) is 0 Å². The van der Waals surface area contributed by atoms with Crippen molar-refractivity contribution >= 4 is 5.90 Å². The average Bonchev–Trinajstić information content (AvgIpc) is 2.90. The number of nitrogens with zero attached hydrogens (tertiary/aromatic N) is 3. The SMILES string of the molecule is CN1CCC[C@H]1COC1=NC2C=CC=CC2C=C1CC#N. The second-order valence-electron chi connectivity index (χ2n) is 5.89. The van der Waals surface area contributed by atoms with E-state index < -0.39 is 0 Å². The Kier molecular flexibility index (Phi) is 4.21. The van der Waals surface area contributed by atoms with Crippen molar-refractivity contribution in [3.8, 4) is 6.07 Å². The maximum atomic E-state index is 9.01. The highest BCUT2D eigenvalue weighted by atomic mass is 16.5. The van der Waals surface area contributed by atoms with Crippen LogP contribution in [0.15, 0.2) is 40.9 Å². The summed E-state index contributed by atoms with van der Waals surface area (Å²) in [4.78, 5) is 7.04. The highest BCUT2D eigenvalue weighted by Gasteiger charge is 2.27. The molecule has 0 aromatic heterocycles. The fraction of sp³-hybridized carbons (Fsp3) is 0.529. The number of fused-ring (bicyclic) bond motifs is 1. The number of aliphatic imine (C=N–C) groups is 1. The Morgan fingerprint density at radius 2 is 2.29 bits per heavy atom. The van der Waals surface area contributed by atoms with Gasteiger partial charge in [-0.1, -0.05) is 30.4 Å². The van der Waals surface area contributed by atoms with Crippen LogP contribution >= 0.6 is 0 Å². The van der Waals surface area contributed by atoms with E-state index in [1.54, 1.807) is 0 Å². The number of dihydropyridines is 1. The Labute approximate surface area is 126 Å². The third-order valence-electron chi connectivity index (χ3n) is 4.44. The summed E-state index contributed by atoms with van der Waals surface area (Å²) in [6, 6.07) is 2.81. The van der Waals surface area contributed by atoms with Gasteiger partial charge in [-0.15, -0.1) is 0 Å². The van der Waals surface area contributed by atoms with E-state index in [2.05, 4.69) is 36.2 Å². The van der Waals surface area contributed by atoms with Gasteiger partial charge in [-0.05, 0) is 26.4 Å². The van der Waals surface area contributed by atoms with Gasteiger partial charge in [0.2, 0.25) is 5.90 Å². The minimum absolute atomic E-state index is 0.119.